The second kappa shape index (κ2) is 5.99. The molecule has 0 bridgehead atoms. The molecule has 0 aromatic heterocycles. The molecule has 1 aromatic rings. The Morgan fingerprint density at radius 2 is 1.94 bits per heavy atom. The van der Waals surface area contributed by atoms with Gasteiger partial charge in [-0.05, 0) is 6.42 Å². The number of hydrogen-bond donors (Lipinski definition) is 1. The van der Waals surface area contributed by atoms with Gasteiger partial charge in [-0.1, -0.05) is 38.4 Å². The Hall–Kier alpha value is -0.900. The fourth-order valence-electron chi connectivity index (χ4n) is 1.74. The highest BCUT2D eigenvalue weighted by molar-refractivity contribution is 7.71. The van der Waals surface area contributed by atoms with Crippen LogP contribution in [0.5, 0.6) is 0 Å². The van der Waals surface area contributed by atoms with Crippen molar-refractivity contribution in [2.45, 2.75) is 32.6 Å². The molecule has 1 N–H and O–H groups in total. The van der Waals surface area contributed by atoms with Crippen LogP contribution in [0.1, 0.15) is 32.6 Å². The molecule has 0 saturated heterocycles. The first-order chi connectivity index (χ1) is 7.59. The summed E-state index contributed by atoms with van der Waals surface area (Å²) in [7, 11) is 3.74. The molecule has 0 aliphatic rings. The average Bonchev–Trinajstić information content (AvgIpc) is 2.25. The summed E-state index contributed by atoms with van der Waals surface area (Å²) >= 11 is 5.03. The van der Waals surface area contributed by atoms with Gasteiger partial charge in [0.05, 0.1) is 5.69 Å². The zero-order valence-corrected chi connectivity index (χ0v) is 11.1. The monoisotopic (exact) mass is 240 g/mol. The summed E-state index contributed by atoms with van der Waals surface area (Å²) in [6.45, 7) is 3.10. The van der Waals surface area contributed by atoms with E-state index in [1.54, 1.807) is 0 Å². The van der Waals surface area contributed by atoms with Crippen LogP contribution < -0.4 is 15.6 Å². The quantitative estimate of drug-likeness (QED) is 0.587. The molecule has 0 fully saturated rings. The minimum atomic E-state index is -0.00365. The van der Waals surface area contributed by atoms with Gasteiger partial charge in [0.25, 0.3) is 0 Å². The maximum atomic E-state index is 11.5. The highest BCUT2D eigenvalue weighted by atomic mass is 32.1. The van der Waals surface area contributed by atoms with Gasteiger partial charge in [0.2, 0.25) is 5.43 Å². The molecular weight excluding hydrogens is 220 g/mol. The van der Waals surface area contributed by atoms with Crippen molar-refractivity contribution in [2.24, 2.45) is 0 Å². The van der Waals surface area contributed by atoms with Crippen molar-refractivity contribution in [1.29, 1.82) is 0 Å². The Bertz CT molecular complexity index is 405. The summed E-state index contributed by atoms with van der Waals surface area (Å²) in [4.78, 5) is 13.3. The van der Waals surface area contributed by atoms with E-state index in [1.807, 2.05) is 19.0 Å². The SMILES string of the molecule is CCCCCCNc1c(N(C)C)c(=O)c1=S. The number of nitrogens with zero attached hydrogens (tertiary/aromatic N) is 1. The molecule has 0 unspecified atom stereocenters. The van der Waals surface area contributed by atoms with E-state index in [9.17, 15) is 4.79 Å². The van der Waals surface area contributed by atoms with Crippen molar-refractivity contribution in [3.05, 3.63) is 14.7 Å². The standard InChI is InChI=1S/C12H20N2OS/c1-4-5-6-7-8-13-9-10(14(2)3)11(15)12(9)16/h13H,4-8H2,1-3H3. The van der Waals surface area contributed by atoms with Gasteiger partial charge in [0.15, 0.2) is 0 Å². The Labute approximate surface area is 102 Å². The van der Waals surface area contributed by atoms with E-state index in [4.69, 9.17) is 12.2 Å². The number of unbranched alkanes of at least 4 members (excludes halogenated alkanes) is 3. The molecule has 0 spiro atoms. The number of rotatable bonds is 7. The average molecular weight is 240 g/mol. The zero-order valence-electron chi connectivity index (χ0n) is 10.3. The molecule has 0 atom stereocenters. The van der Waals surface area contributed by atoms with Crippen LogP contribution in [0, 0.1) is 4.51 Å². The van der Waals surface area contributed by atoms with Crippen LogP contribution in [0.3, 0.4) is 0 Å². The summed E-state index contributed by atoms with van der Waals surface area (Å²) in [6.07, 6.45) is 4.87. The molecule has 1 aromatic carbocycles. The number of nitrogens with one attached hydrogen (secondary N) is 1. The fraction of sp³-hybridized carbons (Fsp3) is 0.667. The van der Waals surface area contributed by atoms with Crippen LogP contribution >= 0.6 is 12.2 Å². The second-order valence-corrected chi connectivity index (χ2v) is 4.67. The van der Waals surface area contributed by atoms with E-state index >= 15 is 0 Å². The van der Waals surface area contributed by atoms with E-state index < -0.39 is 0 Å². The Kier molecular flexibility index (Phi) is 4.93. The van der Waals surface area contributed by atoms with Crippen molar-refractivity contribution in [3.8, 4) is 0 Å². The van der Waals surface area contributed by atoms with E-state index in [0.29, 0.717) is 4.51 Å². The smallest absolute Gasteiger partial charge is 0.224 e. The molecular formula is C12H20N2OS. The van der Waals surface area contributed by atoms with Gasteiger partial charge in [-0.3, -0.25) is 4.79 Å². The Balaban J connectivity index is 2.46. The first-order valence-corrected chi connectivity index (χ1v) is 6.25. The zero-order chi connectivity index (χ0) is 12.1. The van der Waals surface area contributed by atoms with E-state index in [-0.39, 0.29) is 5.43 Å². The third kappa shape index (κ3) is 2.82. The summed E-state index contributed by atoms with van der Waals surface area (Å²) in [6, 6.07) is 0. The van der Waals surface area contributed by atoms with E-state index in [1.165, 1.54) is 19.3 Å². The maximum Gasteiger partial charge on any atom is 0.224 e. The predicted octanol–water partition coefficient (Wildman–Crippen LogP) is 2.71. The second-order valence-electron chi connectivity index (χ2n) is 4.26. The van der Waals surface area contributed by atoms with Gasteiger partial charge < -0.3 is 10.2 Å². The first kappa shape index (κ1) is 13.2. The lowest BCUT2D eigenvalue weighted by Crippen LogP contribution is -2.26. The number of hydrogen-bond acceptors (Lipinski definition) is 4. The molecule has 0 aliphatic carbocycles. The summed E-state index contributed by atoms with van der Waals surface area (Å²) in [5.74, 6) is 0. The molecule has 3 nitrogen and oxygen atoms in total. The lowest BCUT2D eigenvalue weighted by molar-refractivity contribution is 0.685. The van der Waals surface area contributed by atoms with Crippen molar-refractivity contribution < 1.29 is 0 Å². The summed E-state index contributed by atoms with van der Waals surface area (Å²) in [5, 5.41) is 3.27. The third-order valence-electron chi connectivity index (χ3n) is 2.66. The Morgan fingerprint density at radius 1 is 1.25 bits per heavy atom. The van der Waals surface area contributed by atoms with Crippen LogP contribution in [-0.2, 0) is 0 Å². The van der Waals surface area contributed by atoms with E-state index in [2.05, 4.69) is 12.2 Å². The maximum absolute atomic E-state index is 11.5. The molecule has 4 heteroatoms. The van der Waals surface area contributed by atoms with Gasteiger partial charge >= 0.3 is 0 Å². The van der Waals surface area contributed by atoms with Gasteiger partial charge in [-0.15, -0.1) is 0 Å². The lowest BCUT2D eigenvalue weighted by Gasteiger charge is -2.20. The van der Waals surface area contributed by atoms with Crippen molar-refractivity contribution in [2.75, 3.05) is 30.9 Å². The number of anilines is 2. The molecule has 1 rings (SSSR count). The van der Waals surface area contributed by atoms with Crippen molar-refractivity contribution >= 4 is 23.6 Å². The van der Waals surface area contributed by atoms with Crippen molar-refractivity contribution in [3.63, 3.8) is 0 Å². The van der Waals surface area contributed by atoms with Crippen LogP contribution in [-0.4, -0.2) is 20.6 Å². The largest absolute Gasteiger partial charge is 0.382 e. The van der Waals surface area contributed by atoms with Crippen LogP contribution in [0.25, 0.3) is 0 Å². The molecule has 0 amide bonds. The predicted molar refractivity (Wildman–Crippen MR) is 72.9 cm³/mol. The van der Waals surface area contributed by atoms with Gasteiger partial charge in [-0.2, -0.15) is 0 Å². The summed E-state index contributed by atoms with van der Waals surface area (Å²) < 4.78 is 0.458. The molecule has 90 valence electrons. The highest BCUT2D eigenvalue weighted by Gasteiger charge is 2.18. The topological polar surface area (TPSA) is 32.3 Å². The molecule has 0 aliphatic heterocycles. The molecule has 0 radical (unpaired) electrons. The third-order valence-corrected chi connectivity index (χ3v) is 3.05. The van der Waals surface area contributed by atoms with E-state index in [0.717, 1.165) is 24.3 Å². The van der Waals surface area contributed by atoms with Gasteiger partial charge in [-0.25, -0.2) is 0 Å². The minimum Gasteiger partial charge on any atom is -0.382 e. The Morgan fingerprint density at radius 3 is 2.50 bits per heavy atom. The van der Waals surface area contributed by atoms with Gasteiger partial charge in [0.1, 0.15) is 10.2 Å². The molecule has 16 heavy (non-hydrogen) atoms. The first-order valence-electron chi connectivity index (χ1n) is 5.84. The molecule has 0 saturated carbocycles. The molecule has 0 heterocycles. The van der Waals surface area contributed by atoms with Crippen LogP contribution in [0.2, 0.25) is 0 Å². The van der Waals surface area contributed by atoms with Crippen LogP contribution in [0.15, 0.2) is 4.79 Å². The minimum absolute atomic E-state index is 0.00365. The van der Waals surface area contributed by atoms with Crippen molar-refractivity contribution in [1.82, 2.24) is 0 Å². The lowest BCUT2D eigenvalue weighted by atomic mass is 10.1. The van der Waals surface area contributed by atoms with Crippen LogP contribution in [0.4, 0.5) is 11.4 Å². The van der Waals surface area contributed by atoms with Gasteiger partial charge in [0, 0.05) is 20.6 Å². The highest BCUT2D eigenvalue weighted by Crippen LogP contribution is 2.25. The fourth-order valence-corrected chi connectivity index (χ4v) is 2.00. The normalized spacial score (nSPS) is 10.7. The summed E-state index contributed by atoms with van der Waals surface area (Å²) in [5.41, 5.74) is 1.58.